The van der Waals surface area contributed by atoms with Crippen LogP contribution in [0.15, 0.2) is 189 Å². The number of benzene rings is 6. The lowest BCUT2D eigenvalue weighted by molar-refractivity contribution is -0.284. The van der Waals surface area contributed by atoms with E-state index in [-0.39, 0.29) is 37.1 Å². The molecular formula is C58H56O9. The molecule has 0 bridgehead atoms. The average molecular weight is 897 g/mol. The van der Waals surface area contributed by atoms with Gasteiger partial charge in [0.2, 0.25) is 0 Å². The number of fused-ring (bicyclic) bond motifs is 7. The van der Waals surface area contributed by atoms with Crippen molar-refractivity contribution >= 4 is 32.3 Å². The molecule has 5 aliphatic heterocycles. The summed E-state index contributed by atoms with van der Waals surface area (Å²) in [5.41, 5.74) is 0. The Labute approximate surface area is 391 Å². The lowest BCUT2D eigenvalue weighted by atomic mass is 9.87. The molecule has 0 aromatic heterocycles. The Kier molecular flexibility index (Phi) is 12.8. The lowest BCUT2D eigenvalue weighted by Crippen LogP contribution is -2.65. The second-order valence-electron chi connectivity index (χ2n) is 18.0. The van der Waals surface area contributed by atoms with Crippen LogP contribution in [0, 0.1) is 0 Å². The number of aliphatic hydroxyl groups excluding tert-OH is 1. The molecule has 67 heavy (non-hydrogen) atoms. The predicted octanol–water partition coefficient (Wildman–Crippen LogP) is 10.6. The van der Waals surface area contributed by atoms with Gasteiger partial charge in [-0.15, -0.1) is 6.58 Å². The van der Waals surface area contributed by atoms with Gasteiger partial charge in [-0.2, -0.15) is 0 Å². The number of ether oxygens (including phenoxy) is 8. The van der Waals surface area contributed by atoms with E-state index in [1.165, 1.54) is 0 Å². The monoisotopic (exact) mass is 896 g/mol. The quantitative estimate of drug-likeness (QED) is 0.128. The summed E-state index contributed by atoms with van der Waals surface area (Å²) in [7, 11) is 0. The maximum absolute atomic E-state index is 10.8. The van der Waals surface area contributed by atoms with E-state index < -0.39 is 48.8 Å². The zero-order valence-electron chi connectivity index (χ0n) is 37.3. The van der Waals surface area contributed by atoms with Gasteiger partial charge >= 0.3 is 0 Å². The van der Waals surface area contributed by atoms with E-state index in [4.69, 9.17) is 37.9 Å². The third-order valence-electron chi connectivity index (χ3n) is 13.6. The number of hydrogen-bond donors (Lipinski definition) is 1. The Bertz CT molecular complexity index is 2800. The summed E-state index contributed by atoms with van der Waals surface area (Å²) in [6.45, 7) is 4.15. The van der Waals surface area contributed by atoms with Crippen LogP contribution in [0.25, 0.3) is 32.3 Å². The van der Waals surface area contributed by atoms with E-state index in [1.54, 1.807) is 12.2 Å². The molecule has 5 heterocycles. The Morgan fingerprint density at radius 3 is 1.90 bits per heavy atom. The van der Waals surface area contributed by atoms with E-state index >= 15 is 0 Å². The highest BCUT2D eigenvalue weighted by Crippen LogP contribution is 2.42. The van der Waals surface area contributed by atoms with Crippen LogP contribution < -0.4 is 14.2 Å². The summed E-state index contributed by atoms with van der Waals surface area (Å²) in [4.78, 5) is 0. The molecule has 2 fully saturated rings. The van der Waals surface area contributed by atoms with Gasteiger partial charge in [-0.25, -0.2) is 0 Å². The highest BCUT2D eigenvalue weighted by molar-refractivity contribution is 5.89. The average Bonchev–Trinajstić information content (AvgIpc) is 3.66. The Balaban J connectivity index is 0.890. The smallest absolute Gasteiger partial charge is 0.156 e. The van der Waals surface area contributed by atoms with Gasteiger partial charge in [-0.1, -0.05) is 158 Å². The van der Waals surface area contributed by atoms with E-state index in [0.29, 0.717) is 25.7 Å². The molecule has 6 aromatic carbocycles. The van der Waals surface area contributed by atoms with E-state index in [2.05, 4.69) is 85.5 Å². The molecule has 9 nitrogen and oxygen atoms in total. The summed E-state index contributed by atoms with van der Waals surface area (Å²) >= 11 is 0. The van der Waals surface area contributed by atoms with Gasteiger partial charge in [-0.05, 0) is 59.7 Å². The van der Waals surface area contributed by atoms with Gasteiger partial charge in [0.15, 0.2) is 12.2 Å². The summed E-state index contributed by atoms with van der Waals surface area (Å²) in [5, 5.41) is 17.2. The largest absolute Gasteiger partial charge is 0.489 e. The van der Waals surface area contributed by atoms with Gasteiger partial charge in [0.25, 0.3) is 0 Å². The first kappa shape index (κ1) is 43.5. The Morgan fingerprint density at radius 1 is 0.582 bits per heavy atom. The standard InChI is InChI=1S/C58H56O9/c1-2-14-49-45(59)25-13-29-50-51(63-49)33-34-52-54(64-50)35-55-57(67-52)58(66-48-28-11-20-39-17-5-8-24-44(39)48)56-53(65-55)30-12-21-40(62-56)31-32-41(61-47-27-10-19-38-16-4-7-23-43(38)47)36-60-46-26-9-18-37-15-3-6-22-42(37)46/h2-13,15-28,31-34,40-41,45,49-59H,1,14,29-30,35-36H2/b25-13-,32-31?/t40-,41+,45+,49-,50-,51+,52-,53+,54+,55-,56+,57-,58-/m1/s1. The van der Waals surface area contributed by atoms with Crippen molar-refractivity contribution in [3.05, 3.63) is 189 Å². The molecule has 0 aliphatic carbocycles. The number of aliphatic hydroxyl groups is 1. The zero-order valence-corrected chi connectivity index (χ0v) is 37.3. The van der Waals surface area contributed by atoms with Crippen molar-refractivity contribution in [3.8, 4) is 17.2 Å². The molecule has 11 rings (SSSR count). The van der Waals surface area contributed by atoms with Crippen LogP contribution in [0.4, 0.5) is 0 Å². The maximum Gasteiger partial charge on any atom is 0.156 e. The van der Waals surface area contributed by atoms with Crippen LogP contribution in [0.5, 0.6) is 17.2 Å². The second kappa shape index (κ2) is 19.7. The molecule has 13 atom stereocenters. The van der Waals surface area contributed by atoms with E-state index in [1.807, 2.05) is 91.0 Å². The number of hydrogen-bond acceptors (Lipinski definition) is 9. The minimum absolute atomic E-state index is 0.260. The maximum atomic E-state index is 10.8. The van der Waals surface area contributed by atoms with Crippen LogP contribution in [-0.4, -0.2) is 91.1 Å². The first-order valence-electron chi connectivity index (χ1n) is 23.7. The van der Waals surface area contributed by atoms with Crippen LogP contribution in [0.2, 0.25) is 0 Å². The Hall–Kier alpha value is -6.04. The molecule has 342 valence electrons. The first-order chi connectivity index (χ1) is 33.0. The summed E-state index contributed by atoms with van der Waals surface area (Å²) < 4.78 is 55.3. The summed E-state index contributed by atoms with van der Waals surface area (Å²) in [6, 6.07) is 43.1. The van der Waals surface area contributed by atoms with Gasteiger partial charge in [0, 0.05) is 22.6 Å². The highest BCUT2D eigenvalue weighted by atomic mass is 16.6. The predicted molar refractivity (Wildman–Crippen MR) is 261 cm³/mol. The van der Waals surface area contributed by atoms with E-state index in [0.717, 1.165) is 49.6 Å². The molecule has 6 aromatic rings. The van der Waals surface area contributed by atoms with Gasteiger partial charge in [-0.3, -0.25) is 0 Å². The van der Waals surface area contributed by atoms with Crippen LogP contribution >= 0.6 is 0 Å². The fourth-order valence-electron chi connectivity index (χ4n) is 10.3. The van der Waals surface area contributed by atoms with Crippen molar-refractivity contribution < 1.29 is 43.0 Å². The van der Waals surface area contributed by atoms with Crippen LogP contribution in [0.3, 0.4) is 0 Å². The van der Waals surface area contributed by atoms with Crippen molar-refractivity contribution in [2.24, 2.45) is 0 Å². The van der Waals surface area contributed by atoms with Crippen LogP contribution in [0.1, 0.15) is 25.7 Å². The molecule has 1 N–H and O–H groups in total. The topological polar surface area (TPSA) is 94.1 Å². The zero-order chi connectivity index (χ0) is 45.1. The third-order valence-corrected chi connectivity index (χ3v) is 13.6. The molecule has 0 spiro atoms. The molecule has 0 radical (unpaired) electrons. The molecule has 0 amide bonds. The van der Waals surface area contributed by atoms with Gasteiger partial charge in [0.05, 0.1) is 42.7 Å². The fraction of sp³-hybridized carbons (Fsp3) is 0.310. The van der Waals surface area contributed by atoms with E-state index in [9.17, 15) is 5.11 Å². The Morgan fingerprint density at radius 2 is 1.16 bits per heavy atom. The first-order valence-corrected chi connectivity index (χ1v) is 23.7. The molecule has 0 unspecified atom stereocenters. The molecule has 9 heteroatoms. The van der Waals surface area contributed by atoms with Gasteiger partial charge < -0.3 is 43.0 Å². The third kappa shape index (κ3) is 9.33. The molecule has 2 saturated heterocycles. The summed E-state index contributed by atoms with van der Waals surface area (Å²) in [5.74, 6) is 2.32. The van der Waals surface area contributed by atoms with Crippen molar-refractivity contribution in [1.29, 1.82) is 0 Å². The molecular weight excluding hydrogens is 841 g/mol. The highest BCUT2D eigenvalue weighted by Gasteiger charge is 2.54. The normalized spacial score (nSPS) is 31.2. The van der Waals surface area contributed by atoms with Crippen molar-refractivity contribution in [2.45, 2.75) is 105 Å². The minimum Gasteiger partial charge on any atom is -0.489 e. The molecule has 5 aliphatic rings. The fourth-order valence-corrected chi connectivity index (χ4v) is 10.3. The van der Waals surface area contributed by atoms with Crippen LogP contribution in [-0.2, 0) is 23.7 Å². The second-order valence-corrected chi connectivity index (χ2v) is 18.0. The lowest BCUT2D eigenvalue weighted by Gasteiger charge is -2.51. The van der Waals surface area contributed by atoms with Crippen molar-refractivity contribution in [1.82, 2.24) is 0 Å². The molecule has 0 saturated carbocycles. The van der Waals surface area contributed by atoms with Gasteiger partial charge in [0.1, 0.15) is 48.3 Å². The SMILES string of the molecule is C=CC[C@H]1O[C@H]2C=C[C@H]3O[C@H]4[C@H](Oc5cccc6ccccc56)[C@H]5O[C@@H](C=C[C@@H](COc6cccc7ccccc67)Oc6cccc7ccccc67)C=CC[C@@H]5O[C@@H]4C[C@@H]3O[C@@H]2C/C=C\[C@@H]1O. The van der Waals surface area contributed by atoms with Crippen molar-refractivity contribution in [3.63, 3.8) is 0 Å². The summed E-state index contributed by atoms with van der Waals surface area (Å²) in [6.07, 6.45) is 14.8. The number of rotatable bonds is 11. The van der Waals surface area contributed by atoms with Crippen molar-refractivity contribution in [2.75, 3.05) is 6.61 Å². The minimum atomic E-state index is -0.733.